The van der Waals surface area contributed by atoms with E-state index in [1.165, 1.54) is 25.7 Å². The molecule has 0 spiro atoms. The maximum atomic E-state index is 5.14. The number of hydrogen-bond donors (Lipinski definition) is 0. The van der Waals surface area contributed by atoms with Crippen LogP contribution in [0, 0.1) is 5.92 Å². The van der Waals surface area contributed by atoms with E-state index >= 15 is 0 Å². The minimum Gasteiger partial charge on any atom is -0.377 e. The van der Waals surface area contributed by atoms with Crippen molar-refractivity contribution in [1.82, 2.24) is 10.1 Å². The van der Waals surface area contributed by atoms with E-state index in [1.807, 2.05) is 0 Å². The SMILES string of the molecule is COCc1noc(CC2CCCC2)n1. The summed E-state index contributed by atoms with van der Waals surface area (Å²) in [4.78, 5) is 4.26. The Morgan fingerprint density at radius 3 is 2.93 bits per heavy atom. The first-order chi connectivity index (χ1) is 6.88. The quantitative estimate of drug-likeness (QED) is 0.738. The lowest BCUT2D eigenvalue weighted by Gasteiger charge is -2.02. The van der Waals surface area contributed by atoms with Crippen LogP contribution in [0.15, 0.2) is 4.52 Å². The van der Waals surface area contributed by atoms with Crippen LogP contribution >= 0.6 is 0 Å². The number of hydrogen-bond acceptors (Lipinski definition) is 4. The highest BCUT2D eigenvalue weighted by Gasteiger charge is 2.18. The standard InChI is InChI=1S/C10H16N2O2/c1-13-7-9-11-10(14-12-9)6-8-4-2-3-5-8/h8H,2-7H2,1H3. The molecule has 4 heteroatoms. The van der Waals surface area contributed by atoms with Crippen molar-refractivity contribution >= 4 is 0 Å². The zero-order valence-corrected chi connectivity index (χ0v) is 8.53. The Morgan fingerprint density at radius 2 is 2.21 bits per heavy atom. The monoisotopic (exact) mass is 196 g/mol. The van der Waals surface area contributed by atoms with Crippen molar-refractivity contribution in [2.24, 2.45) is 5.92 Å². The van der Waals surface area contributed by atoms with Crippen LogP contribution in [0.1, 0.15) is 37.4 Å². The summed E-state index contributed by atoms with van der Waals surface area (Å²) in [6.07, 6.45) is 6.26. The first-order valence-electron chi connectivity index (χ1n) is 5.19. The van der Waals surface area contributed by atoms with Crippen LogP contribution in [0.5, 0.6) is 0 Å². The predicted molar refractivity (Wildman–Crippen MR) is 50.7 cm³/mol. The molecule has 1 aliphatic carbocycles. The molecule has 0 N–H and O–H groups in total. The van der Waals surface area contributed by atoms with Crippen LogP contribution < -0.4 is 0 Å². The van der Waals surface area contributed by atoms with Gasteiger partial charge in [0.25, 0.3) is 0 Å². The summed E-state index contributed by atoms with van der Waals surface area (Å²) in [5.41, 5.74) is 0. The van der Waals surface area contributed by atoms with E-state index in [2.05, 4.69) is 10.1 Å². The third-order valence-electron chi connectivity index (χ3n) is 2.72. The van der Waals surface area contributed by atoms with Gasteiger partial charge in [-0.3, -0.25) is 0 Å². The van der Waals surface area contributed by atoms with Gasteiger partial charge in [0.2, 0.25) is 5.89 Å². The van der Waals surface area contributed by atoms with Crippen molar-refractivity contribution in [2.75, 3.05) is 7.11 Å². The van der Waals surface area contributed by atoms with Crippen molar-refractivity contribution in [3.63, 3.8) is 0 Å². The fourth-order valence-corrected chi connectivity index (χ4v) is 2.02. The van der Waals surface area contributed by atoms with Gasteiger partial charge in [0.1, 0.15) is 6.61 Å². The van der Waals surface area contributed by atoms with Crippen molar-refractivity contribution < 1.29 is 9.26 Å². The van der Waals surface area contributed by atoms with Gasteiger partial charge in [-0.2, -0.15) is 4.98 Å². The lowest BCUT2D eigenvalue weighted by atomic mass is 10.0. The molecule has 1 aromatic rings. The number of methoxy groups -OCH3 is 1. The smallest absolute Gasteiger partial charge is 0.227 e. The third kappa shape index (κ3) is 2.32. The van der Waals surface area contributed by atoms with Crippen molar-refractivity contribution in [3.05, 3.63) is 11.7 Å². The molecule has 0 aliphatic heterocycles. The predicted octanol–water partition coefficient (Wildman–Crippen LogP) is 1.95. The third-order valence-corrected chi connectivity index (χ3v) is 2.72. The second-order valence-electron chi connectivity index (χ2n) is 3.89. The molecule has 2 rings (SSSR count). The van der Waals surface area contributed by atoms with Crippen LogP contribution in [0.25, 0.3) is 0 Å². The Bertz CT molecular complexity index is 279. The zero-order valence-electron chi connectivity index (χ0n) is 8.53. The Morgan fingerprint density at radius 1 is 1.43 bits per heavy atom. The van der Waals surface area contributed by atoms with E-state index in [1.54, 1.807) is 7.11 Å². The highest BCUT2D eigenvalue weighted by atomic mass is 16.5. The van der Waals surface area contributed by atoms with E-state index in [-0.39, 0.29) is 0 Å². The molecule has 0 bridgehead atoms. The lowest BCUT2D eigenvalue weighted by Crippen LogP contribution is -1.99. The van der Waals surface area contributed by atoms with Crippen LogP contribution in [0.2, 0.25) is 0 Å². The van der Waals surface area contributed by atoms with Crippen LogP contribution in [-0.4, -0.2) is 17.3 Å². The van der Waals surface area contributed by atoms with Crippen molar-refractivity contribution in [1.29, 1.82) is 0 Å². The molecule has 1 heterocycles. The van der Waals surface area contributed by atoms with E-state index < -0.39 is 0 Å². The van der Waals surface area contributed by atoms with Gasteiger partial charge in [-0.05, 0) is 18.8 Å². The summed E-state index contributed by atoms with van der Waals surface area (Å²) >= 11 is 0. The van der Waals surface area contributed by atoms with Crippen LogP contribution in [0.4, 0.5) is 0 Å². The number of aromatic nitrogens is 2. The van der Waals surface area contributed by atoms with E-state index in [4.69, 9.17) is 9.26 Å². The van der Waals surface area contributed by atoms with Crippen LogP contribution in [-0.2, 0) is 17.8 Å². The molecule has 0 radical (unpaired) electrons. The summed E-state index contributed by atoms with van der Waals surface area (Å²) in [5, 5.41) is 3.84. The molecule has 14 heavy (non-hydrogen) atoms. The van der Waals surface area contributed by atoms with Gasteiger partial charge in [0.15, 0.2) is 5.82 Å². The van der Waals surface area contributed by atoms with E-state index in [0.29, 0.717) is 12.4 Å². The average molecular weight is 196 g/mol. The molecule has 78 valence electrons. The molecule has 1 aliphatic rings. The Labute approximate surface area is 83.6 Å². The minimum absolute atomic E-state index is 0.439. The number of ether oxygens (including phenoxy) is 1. The Balaban J connectivity index is 1.88. The van der Waals surface area contributed by atoms with Crippen molar-refractivity contribution in [2.45, 2.75) is 38.7 Å². The summed E-state index contributed by atoms with van der Waals surface area (Å²) in [6, 6.07) is 0. The van der Waals surface area contributed by atoms with Crippen LogP contribution in [0.3, 0.4) is 0 Å². The number of nitrogens with zero attached hydrogens (tertiary/aromatic N) is 2. The molecule has 0 unspecified atom stereocenters. The van der Waals surface area contributed by atoms with Gasteiger partial charge >= 0.3 is 0 Å². The molecule has 0 aromatic carbocycles. The summed E-state index contributed by atoms with van der Waals surface area (Å²) in [5.74, 6) is 2.18. The topological polar surface area (TPSA) is 48.2 Å². The van der Waals surface area contributed by atoms with Gasteiger partial charge < -0.3 is 9.26 Å². The zero-order chi connectivity index (χ0) is 9.80. The summed E-state index contributed by atoms with van der Waals surface area (Å²) in [6.45, 7) is 0.439. The molecule has 0 saturated heterocycles. The molecule has 1 fully saturated rings. The molecule has 0 atom stereocenters. The minimum atomic E-state index is 0.439. The molecular formula is C10H16N2O2. The van der Waals surface area contributed by atoms with Gasteiger partial charge in [-0.15, -0.1) is 0 Å². The first-order valence-corrected chi connectivity index (χ1v) is 5.19. The molecular weight excluding hydrogens is 180 g/mol. The van der Waals surface area contributed by atoms with Crippen molar-refractivity contribution in [3.8, 4) is 0 Å². The molecule has 1 saturated carbocycles. The lowest BCUT2D eigenvalue weighted by molar-refractivity contribution is 0.174. The van der Waals surface area contributed by atoms with Gasteiger partial charge in [-0.25, -0.2) is 0 Å². The second kappa shape index (κ2) is 4.55. The molecule has 0 amide bonds. The summed E-state index contributed by atoms with van der Waals surface area (Å²) in [7, 11) is 1.63. The molecule has 4 nitrogen and oxygen atoms in total. The maximum absolute atomic E-state index is 5.14. The summed E-state index contributed by atoms with van der Waals surface area (Å²) < 4.78 is 10.1. The van der Waals surface area contributed by atoms with Gasteiger partial charge in [0.05, 0.1) is 0 Å². The van der Waals surface area contributed by atoms with Gasteiger partial charge in [0, 0.05) is 13.5 Å². The Hall–Kier alpha value is -0.900. The second-order valence-corrected chi connectivity index (χ2v) is 3.89. The fourth-order valence-electron chi connectivity index (χ4n) is 2.02. The number of rotatable bonds is 4. The highest BCUT2D eigenvalue weighted by Crippen LogP contribution is 2.27. The van der Waals surface area contributed by atoms with E-state index in [9.17, 15) is 0 Å². The fraction of sp³-hybridized carbons (Fsp3) is 0.800. The van der Waals surface area contributed by atoms with E-state index in [0.717, 1.165) is 18.2 Å². The largest absolute Gasteiger partial charge is 0.377 e. The first kappa shape index (κ1) is 9.65. The average Bonchev–Trinajstić information content (AvgIpc) is 2.79. The van der Waals surface area contributed by atoms with Gasteiger partial charge in [-0.1, -0.05) is 18.0 Å². The Kier molecular flexibility index (Phi) is 3.14. The molecule has 1 aromatic heterocycles. The highest BCUT2D eigenvalue weighted by molar-refractivity contribution is 4.87. The maximum Gasteiger partial charge on any atom is 0.227 e. The normalized spacial score (nSPS) is 17.8.